The van der Waals surface area contributed by atoms with E-state index in [4.69, 9.17) is 0 Å². The van der Waals surface area contributed by atoms with Crippen LogP contribution in [0.1, 0.15) is 46.5 Å². The Bertz CT molecular complexity index is 291. The van der Waals surface area contributed by atoms with Gasteiger partial charge in [0.15, 0.2) is 0 Å². The van der Waals surface area contributed by atoms with E-state index in [1.807, 2.05) is 13.8 Å². The van der Waals surface area contributed by atoms with Crippen LogP contribution in [0.25, 0.3) is 0 Å². The smallest absolute Gasteiger partial charge is 0.0254 e. The van der Waals surface area contributed by atoms with Crippen molar-refractivity contribution >= 4 is 0 Å². The summed E-state index contributed by atoms with van der Waals surface area (Å²) >= 11 is 0. The zero-order valence-electron chi connectivity index (χ0n) is 11.2. The second-order valence-electron chi connectivity index (χ2n) is 4.78. The highest BCUT2D eigenvalue weighted by Crippen LogP contribution is 2.25. The summed E-state index contributed by atoms with van der Waals surface area (Å²) in [7, 11) is 0. The quantitative estimate of drug-likeness (QED) is 0.475. The maximum Gasteiger partial charge on any atom is -0.0254 e. The van der Waals surface area contributed by atoms with E-state index >= 15 is 0 Å². The molecule has 0 nitrogen and oxygen atoms in total. The molecule has 0 aliphatic rings. The molecule has 0 amide bonds. The first kappa shape index (κ1) is 15.0. The lowest BCUT2D eigenvalue weighted by atomic mass is 9.89. The van der Waals surface area contributed by atoms with Crippen LogP contribution in [-0.4, -0.2) is 0 Å². The normalized spacial score (nSPS) is 11.9. The summed E-state index contributed by atoms with van der Waals surface area (Å²) in [6, 6.07) is 0. The maximum absolute atomic E-state index is 4.06. The fourth-order valence-electron chi connectivity index (χ4n) is 1.56. The van der Waals surface area contributed by atoms with Crippen LogP contribution in [0, 0.1) is 5.92 Å². The number of hydrogen-bond acceptors (Lipinski definition) is 0. The van der Waals surface area contributed by atoms with Gasteiger partial charge in [-0.05, 0) is 39.0 Å². The highest BCUT2D eigenvalue weighted by molar-refractivity contribution is 5.24. The molecule has 0 aromatic rings. The first-order valence-electron chi connectivity index (χ1n) is 6.05. The third-order valence-electron chi connectivity index (χ3n) is 3.17. The third-order valence-corrected chi connectivity index (χ3v) is 3.17. The van der Waals surface area contributed by atoms with Gasteiger partial charge in [0.2, 0.25) is 0 Å². The fourth-order valence-corrected chi connectivity index (χ4v) is 1.56. The van der Waals surface area contributed by atoms with Crippen LogP contribution in [0.2, 0.25) is 0 Å². The Morgan fingerprint density at radius 3 is 1.81 bits per heavy atom. The van der Waals surface area contributed by atoms with E-state index in [2.05, 4.69) is 33.2 Å². The zero-order chi connectivity index (χ0) is 12.7. The lowest BCUT2D eigenvalue weighted by Gasteiger charge is -2.17. The molecule has 0 rings (SSSR count). The van der Waals surface area contributed by atoms with Gasteiger partial charge < -0.3 is 0 Å². The van der Waals surface area contributed by atoms with E-state index in [0.717, 1.165) is 24.0 Å². The topological polar surface area (TPSA) is 0 Å². The van der Waals surface area contributed by atoms with Crippen LogP contribution in [0.4, 0.5) is 0 Å². The van der Waals surface area contributed by atoms with Gasteiger partial charge in [-0.3, -0.25) is 0 Å². The van der Waals surface area contributed by atoms with Gasteiger partial charge in [-0.25, -0.2) is 0 Å². The minimum absolute atomic E-state index is 0.695. The van der Waals surface area contributed by atoms with Crippen LogP contribution in [0.3, 0.4) is 0 Å². The standard InChI is InChI=1S/C16H26/c1-8-16(11-15(7)13(4)5)10-9-14(6)12(2)3/h16H,2,4,6-11H2,1,3,5H3. The number of allylic oxidation sites excluding steroid dienone is 4. The van der Waals surface area contributed by atoms with Crippen LogP contribution < -0.4 is 0 Å². The molecule has 0 radical (unpaired) electrons. The molecule has 90 valence electrons. The van der Waals surface area contributed by atoms with Gasteiger partial charge in [0.25, 0.3) is 0 Å². The van der Waals surface area contributed by atoms with Crippen molar-refractivity contribution < 1.29 is 0 Å². The Balaban J connectivity index is 4.11. The summed E-state index contributed by atoms with van der Waals surface area (Å²) in [5, 5.41) is 0. The zero-order valence-corrected chi connectivity index (χ0v) is 11.2. The van der Waals surface area contributed by atoms with Gasteiger partial charge in [0.1, 0.15) is 0 Å². The van der Waals surface area contributed by atoms with Crippen LogP contribution in [0.5, 0.6) is 0 Å². The Kier molecular flexibility index (Phi) is 6.80. The predicted molar refractivity (Wildman–Crippen MR) is 75.5 cm³/mol. The molecule has 0 saturated carbocycles. The average molecular weight is 218 g/mol. The lowest BCUT2D eigenvalue weighted by Crippen LogP contribution is -2.02. The molecule has 0 heteroatoms. The molecule has 0 N–H and O–H groups in total. The Morgan fingerprint density at radius 1 is 0.938 bits per heavy atom. The van der Waals surface area contributed by atoms with Crippen LogP contribution in [0.15, 0.2) is 48.6 Å². The minimum atomic E-state index is 0.695. The summed E-state index contributed by atoms with van der Waals surface area (Å²) < 4.78 is 0. The van der Waals surface area contributed by atoms with Gasteiger partial charge in [0.05, 0.1) is 0 Å². The van der Waals surface area contributed by atoms with Crippen LogP contribution >= 0.6 is 0 Å². The van der Waals surface area contributed by atoms with Crippen molar-refractivity contribution in [2.75, 3.05) is 0 Å². The van der Waals surface area contributed by atoms with E-state index < -0.39 is 0 Å². The summed E-state index contributed by atoms with van der Waals surface area (Å²) in [5.74, 6) is 0.695. The summed E-state index contributed by atoms with van der Waals surface area (Å²) in [6.07, 6.45) is 4.48. The fraction of sp³-hybridized carbons (Fsp3) is 0.500. The molecule has 0 fully saturated rings. The first-order chi connectivity index (χ1) is 7.38. The second-order valence-corrected chi connectivity index (χ2v) is 4.78. The molecule has 0 heterocycles. The van der Waals surface area contributed by atoms with Crippen molar-refractivity contribution in [1.29, 1.82) is 0 Å². The van der Waals surface area contributed by atoms with Gasteiger partial charge >= 0.3 is 0 Å². The molecular weight excluding hydrogens is 192 g/mol. The Hall–Kier alpha value is -1.04. The maximum atomic E-state index is 4.06. The predicted octanol–water partition coefficient (Wildman–Crippen LogP) is 5.45. The largest absolute Gasteiger partial charge is 0.0959 e. The lowest BCUT2D eigenvalue weighted by molar-refractivity contribution is 0.469. The molecule has 0 aliphatic heterocycles. The Morgan fingerprint density at radius 2 is 1.44 bits per heavy atom. The van der Waals surface area contributed by atoms with Crippen molar-refractivity contribution in [3.05, 3.63) is 48.6 Å². The molecule has 1 atom stereocenters. The summed E-state index contributed by atoms with van der Waals surface area (Å²) in [5.41, 5.74) is 4.58. The van der Waals surface area contributed by atoms with Gasteiger partial charge in [-0.2, -0.15) is 0 Å². The van der Waals surface area contributed by atoms with E-state index in [1.165, 1.54) is 24.0 Å². The highest BCUT2D eigenvalue weighted by Gasteiger charge is 2.09. The van der Waals surface area contributed by atoms with Gasteiger partial charge in [0, 0.05) is 0 Å². The third kappa shape index (κ3) is 5.75. The van der Waals surface area contributed by atoms with Gasteiger partial charge in [-0.15, -0.1) is 0 Å². The van der Waals surface area contributed by atoms with E-state index in [-0.39, 0.29) is 0 Å². The summed E-state index contributed by atoms with van der Waals surface area (Å²) in [6.45, 7) is 22.2. The SMILES string of the molecule is C=C(C)C(=C)CCC(CC)CC(=C)C(=C)C. The van der Waals surface area contributed by atoms with Crippen molar-refractivity contribution in [3.63, 3.8) is 0 Å². The second kappa shape index (κ2) is 7.27. The molecule has 0 aliphatic carbocycles. The van der Waals surface area contributed by atoms with Gasteiger partial charge in [-0.1, -0.05) is 62.0 Å². The average Bonchev–Trinajstić information content (AvgIpc) is 2.22. The highest BCUT2D eigenvalue weighted by atomic mass is 14.1. The monoisotopic (exact) mass is 218 g/mol. The number of hydrogen-bond donors (Lipinski definition) is 0. The molecular formula is C16H26. The summed E-state index contributed by atoms with van der Waals surface area (Å²) in [4.78, 5) is 0. The van der Waals surface area contributed by atoms with Crippen molar-refractivity contribution in [2.24, 2.45) is 5.92 Å². The van der Waals surface area contributed by atoms with Crippen molar-refractivity contribution in [3.8, 4) is 0 Å². The molecule has 0 bridgehead atoms. The van der Waals surface area contributed by atoms with E-state index in [9.17, 15) is 0 Å². The molecule has 0 aromatic carbocycles. The first-order valence-corrected chi connectivity index (χ1v) is 6.05. The Labute approximate surface area is 101 Å². The van der Waals surface area contributed by atoms with Crippen molar-refractivity contribution in [1.82, 2.24) is 0 Å². The minimum Gasteiger partial charge on any atom is -0.0959 e. The van der Waals surface area contributed by atoms with Crippen LogP contribution in [-0.2, 0) is 0 Å². The molecule has 0 spiro atoms. The molecule has 0 aromatic heterocycles. The molecule has 1 unspecified atom stereocenters. The van der Waals surface area contributed by atoms with E-state index in [0.29, 0.717) is 5.92 Å². The number of rotatable bonds is 8. The molecule has 16 heavy (non-hydrogen) atoms. The molecule has 0 saturated heterocycles. The van der Waals surface area contributed by atoms with E-state index in [1.54, 1.807) is 0 Å². The van der Waals surface area contributed by atoms with Crippen molar-refractivity contribution in [2.45, 2.75) is 46.5 Å².